The van der Waals surface area contributed by atoms with E-state index < -0.39 is 0 Å². The molecular weight excluding hydrogens is 198 g/mol. The van der Waals surface area contributed by atoms with Crippen molar-refractivity contribution in [2.24, 2.45) is 11.7 Å². The molecule has 1 saturated heterocycles. The van der Waals surface area contributed by atoms with Crippen molar-refractivity contribution in [3.8, 4) is 0 Å². The molecule has 1 aliphatic heterocycles. The molecule has 2 atom stereocenters. The molecule has 0 bridgehead atoms. The van der Waals surface area contributed by atoms with Crippen LogP contribution >= 0.6 is 0 Å². The van der Waals surface area contributed by atoms with Crippen LogP contribution in [0.25, 0.3) is 0 Å². The zero-order valence-corrected chi connectivity index (χ0v) is 10.2. The third-order valence-corrected chi connectivity index (χ3v) is 3.61. The normalized spacial score (nSPS) is 26.2. The van der Waals surface area contributed by atoms with Gasteiger partial charge < -0.3 is 5.73 Å². The van der Waals surface area contributed by atoms with E-state index in [9.17, 15) is 0 Å². The van der Waals surface area contributed by atoms with Crippen LogP contribution in [0.15, 0.2) is 18.3 Å². The molecule has 3 nitrogen and oxygen atoms in total. The maximum atomic E-state index is 5.74. The lowest BCUT2D eigenvalue weighted by atomic mass is 10.1. The summed E-state index contributed by atoms with van der Waals surface area (Å²) in [6.07, 6.45) is 3.09. The third kappa shape index (κ3) is 2.42. The van der Waals surface area contributed by atoms with Gasteiger partial charge in [-0.25, -0.2) is 0 Å². The fraction of sp³-hybridized carbons (Fsp3) is 0.615. The van der Waals surface area contributed by atoms with Crippen molar-refractivity contribution >= 4 is 0 Å². The molecular formula is C13H21N3. The summed E-state index contributed by atoms with van der Waals surface area (Å²) in [7, 11) is 0. The van der Waals surface area contributed by atoms with Gasteiger partial charge in [0.1, 0.15) is 0 Å². The molecule has 3 heteroatoms. The van der Waals surface area contributed by atoms with E-state index in [4.69, 9.17) is 5.73 Å². The minimum atomic E-state index is 0.646. The molecule has 0 radical (unpaired) electrons. The molecule has 0 aliphatic carbocycles. The lowest BCUT2D eigenvalue weighted by Gasteiger charge is -2.21. The summed E-state index contributed by atoms with van der Waals surface area (Å²) in [5, 5.41) is 0. The van der Waals surface area contributed by atoms with E-state index in [-0.39, 0.29) is 0 Å². The summed E-state index contributed by atoms with van der Waals surface area (Å²) in [6.45, 7) is 7.33. The minimum absolute atomic E-state index is 0.646. The molecule has 2 heterocycles. The molecule has 2 N–H and O–H groups in total. The molecule has 2 unspecified atom stereocenters. The van der Waals surface area contributed by atoms with Crippen molar-refractivity contribution in [3.05, 3.63) is 29.6 Å². The Hall–Kier alpha value is -0.930. The summed E-state index contributed by atoms with van der Waals surface area (Å²) in [4.78, 5) is 6.85. The fourth-order valence-corrected chi connectivity index (χ4v) is 2.51. The van der Waals surface area contributed by atoms with Gasteiger partial charge in [-0.05, 0) is 44.4 Å². The Morgan fingerprint density at radius 3 is 3.00 bits per heavy atom. The molecule has 1 aliphatic rings. The summed E-state index contributed by atoms with van der Waals surface area (Å²) in [5.74, 6) is 0.673. The average molecular weight is 219 g/mol. The number of nitrogens with two attached hydrogens (primary N) is 1. The lowest BCUT2D eigenvalue weighted by Crippen LogP contribution is -2.27. The maximum Gasteiger partial charge on any atom is 0.0417 e. The Kier molecular flexibility index (Phi) is 3.56. The molecule has 2 rings (SSSR count). The maximum absolute atomic E-state index is 5.74. The molecule has 0 saturated carbocycles. The van der Waals surface area contributed by atoms with Gasteiger partial charge in [-0.15, -0.1) is 0 Å². The Morgan fingerprint density at radius 1 is 1.56 bits per heavy atom. The van der Waals surface area contributed by atoms with E-state index in [0.29, 0.717) is 12.0 Å². The van der Waals surface area contributed by atoms with E-state index in [0.717, 1.165) is 25.3 Å². The van der Waals surface area contributed by atoms with Crippen molar-refractivity contribution in [2.45, 2.75) is 32.9 Å². The topological polar surface area (TPSA) is 42.2 Å². The quantitative estimate of drug-likeness (QED) is 0.839. The van der Waals surface area contributed by atoms with E-state index in [1.807, 2.05) is 12.3 Å². The highest BCUT2D eigenvalue weighted by Gasteiger charge is 2.28. The molecule has 0 aromatic carbocycles. The third-order valence-electron chi connectivity index (χ3n) is 3.61. The number of rotatable bonds is 3. The van der Waals surface area contributed by atoms with E-state index in [2.05, 4.69) is 29.8 Å². The number of aromatic nitrogens is 1. The van der Waals surface area contributed by atoms with Gasteiger partial charge in [0.05, 0.1) is 0 Å². The van der Waals surface area contributed by atoms with Crippen LogP contribution in [0, 0.1) is 12.8 Å². The molecule has 1 aromatic heterocycles. The average Bonchev–Trinajstić information content (AvgIpc) is 2.63. The van der Waals surface area contributed by atoms with Crippen molar-refractivity contribution in [3.63, 3.8) is 0 Å². The molecule has 0 spiro atoms. The molecule has 88 valence electrons. The summed E-state index contributed by atoms with van der Waals surface area (Å²) < 4.78 is 0. The van der Waals surface area contributed by atoms with E-state index in [1.54, 1.807) is 0 Å². The van der Waals surface area contributed by atoms with Gasteiger partial charge in [0.25, 0.3) is 0 Å². The minimum Gasteiger partial charge on any atom is -0.330 e. The zero-order valence-electron chi connectivity index (χ0n) is 10.2. The van der Waals surface area contributed by atoms with Crippen LogP contribution in [0.4, 0.5) is 0 Å². The molecule has 16 heavy (non-hydrogen) atoms. The SMILES string of the molecule is Cc1ncccc1CN1CC(CN)CC1C. The van der Waals surface area contributed by atoms with E-state index in [1.165, 1.54) is 12.0 Å². The predicted molar refractivity (Wildman–Crippen MR) is 66.0 cm³/mol. The van der Waals surface area contributed by atoms with Crippen molar-refractivity contribution in [1.29, 1.82) is 0 Å². The predicted octanol–water partition coefficient (Wildman–Crippen LogP) is 1.56. The second-order valence-electron chi connectivity index (χ2n) is 4.86. The Bertz CT molecular complexity index is 351. The zero-order chi connectivity index (χ0) is 11.5. The van der Waals surface area contributed by atoms with Crippen LogP contribution in [0.2, 0.25) is 0 Å². The van der Waals surface area contributed by atoms with Crippen molar-refractivity contribution in [2.75, 3.05) is 13.1 Å². The monoisotopic (exact) mass is 219 g/mol. The highest BCUT2D eigenvalue weighted by atomic mass is 15.2. The highest BCUT2D eigenvalue weighted by molar-refractivity contribution is 5.18. The van der Waals surface area contributed by atoms with Crippen LogP contribution in [-0.2, 0) is 6.54 Å². The number of nitrogens with zero attached hydrogens (tertiary/aromatic N) is 2. The van der Waals surface area contributed by atoms with E-state index >= 15 is 0 Å². The standard InChI is InChI=1S/C13H21N3/c1-10-6-12(7-14)8-16(10)9-13-4-3-5-15-11(13)2/h3-5,10,12H,6-9,14H2,1-2H3. The number of pyridine rings is 1. The van der Waals surface area contributed by atoms with Crippen LogP contribution in [0.3, 0.4) is 0 Å². The van der Waals surface area contributed by atoms with Crippen LogP contribution in [-0.4, -0.2) is 29.0 Å². The van der Waals surface area contributed by atoms with Gasteiger partial charge in [-0.3, -0.25) is 9.88 Å². The Balaban J connectivity index is 2.03. The smallest absolute Gasteiger partial charge is 0.0417 e. The first kappa shape index (κ1) is 11.6. The molecule has 1 fully saturated rings. The Morgan fingerprint density at radius 2 is 2.38 bits per heavy atom. The largest absolute Gasteiger partial charge is 0.330 e. The van der Waals surface area contributed by atoms with Crippen molar-refractivity contribution in [1.82, 2.24) is 9.88 Å². The number of hydrogen-bond acceptors (Lipinski definition) is 3. The van der Waals surface area contributed by atoms with Gasteiger partial charge >= 0.3 is 0 Å². The number of likely N-dealkylation sites (tertiary alicyclic amines) is 1. The number of aryl methyl sites for hydroxylation is 1. The summed E-state index contributed by atoms with van der Waals surface area (Å²) in [6, 6.07) is 4.84. The van der Waals surface area contributed by atoms with Gasteiger partial charge in [0.2, 0.25) is 0 Å². The second-order valence-corrected chi connectivity index (χ2v) is 4.86. The highest BCUT2D eigenvalue weighted by Crippen LogP contribution is 2.24. The first-order chi connectivity index (χ1) is 7.70. The van der Waals surface area contributed by atoms with Crippen LogP contribution in [0.5, 0.6) is 0 Å². The van der Waals surface area contributed by atoms with Crippen molar-refractivity contribution < 1.29 is 0 Å². The first-order valence-electron chi connectivity index (χ1n) is 6.05. The van der Waals surface area contributed by atoms with Crippen LogP contribution in [0.1, 0.15) is 24.6 Å². The van der Waals surface area contributed by atoms with Gasteiger partial charge in [0, 0.05) is 31.0 Å². The molecule has 0 amide bonds. The Labute approximate surface area is 97.7 Å². The molecule has 1 aromatic rings. The summed E-state index contributed by atoms with van der Waals surface area (Å²) >= 11 is 0. The van der Waals surface area contributed by atoms with Crippen LogP contribution < -0.4 is 5.73 Å². The second kappa shape index (κ2) is 4.93. The lowest BCUT2D eigenvalue weighted by molar-refractivity contribution is 0.255. The first-order valence-corrected chi connectivity index (χ1v) is 6.05. The summed E-state index contributed by atoms with van der Waals surface area (Å²) in [5.41, 5.74) is 8.23. The van der Waals surface area contributed by atoms with Gasteiger partial charge in [-0.1, -0.05) is 6.07 Å². The van der Waals surface area contributed by atoms with Gasteiger partial charge in [0.15, 0.2) is 0 Å². The van der Waals surface area contributed by atoms with Gasteiger partial charge in [-0.2, -0.15) is 0 Å². The number of hydrogen-bond donors (Lipinski definition) is 1. The fourth-order valence-electron chi connectivity index (χ4n) is 2.51.